The third-order valence-electron chi connectivity index (χ3n) is 1.77. The summed E-state index contributed by atoms with van der Waals surface area (Å²) in [6.07, 6.45) is 3.78. The van der Waals surface area contributed by atoms with Crippen LogP contribution in [0.3, 0.4) is 0 Å². The molecule has 0 aromatic heterocycles. The molecule has 3 heteroatoms. The molecule has 0 unspecified atom stereocenters. The first-order valence-electron chi connectivity index (χ1n) is 5.17. The molecule has 0 aliphatic carbocycles. The maximum Gasteiger partial charge on any atom is 0.307 e. The van der Waals surface area contributed by atoms with Gasteiger partial charge in [-0.25, -0.2) is 0 Å². The van der Waals surface area contributed by atoms with Crippen LogP contribution in [0.5, 0.6) is 0 Å². The van der Waals surface area contributed by atoms with Crippen molar-refractivity contribution in [1.29, 1.82) is 0 Å². The fraction of sp³-hybridized carbons (Fsp3) is 0.900. The monoisotopic (exact) mass is 187 g/mol. The van der Waals surface area contributed by atoms with E-state index in [-0.39, 0.29) is 5.97 Å². The molecule has 1 N–H and O–H groups in total. The largest absolute Gasteiger partial charge is 0.466 e. The SMILES string of the molecule is CCCCCOC(=O)CCNCC. The Morgan fingerprint density at radius 1 is 1.31 bits per heavy atom. The van der Waals surface area contributed by atoms with Gasteiger partial charge in [0.15, 0.2) is 0 Å². The molecule has 13 heavy (non-hydrogen) atoms. The van der Waals surface area contributed by atoms with Crippen molar-refractivity contribution < 1.29 is 9.53 Å². The van der Waals surface area contributed by atoms with Gasteiger partial charge in [0, 0.05) is 6.54 Å². The predicted octanol–water partition coefficient (Wildman–Crippen LogP) is 1.72. The minimum atomic E-state index is -0.0861. The average Bonchev–Trinajstić information content (AvgIpc) is 2.13. The molecule has 0 aliphatic rings. The maximum atomic E-state index is 11.0. The van der Waals surface area contributed by atoms with Crippen LogP contribution in [0.4, 0.5) is 0 Å². The summed E-state index contributed by atoms with van der Waals surface area (Å²) in [5.41, 5.74) is 0. The molecule has 0 radical (unpaired) electrons. The number of ether oxygens (including phenoxy) is 1. The minimum absolute atomic E-state index is 0.0861. The second-order valence-electron chi connectivity index (χ2n) is 3.03. The van der Waals surface area contributed by atoms with E-state index in [0.717, 1.165) is 32.4 Å². The molecule has 0 heterocycles. The molecule has 3 nitrogen and oxygen atoms in total. The molecule has 0 bridgehead atoms. The van der Waals surface area contributed by atoms with Gasteiger partial charge in [-0.15, -0.1) is 0 Å². The fourth-order valence-electron chi connectivity index (χ4n) is 0.977. The molecule has 0 saturated carbocycles. The molecule has 0 amide bonds. The number of unbranched alkanes of at least 4 members (excludes halogenated alkanes) is 2. The predicted molar refractivity (Wildman–Crippen MR) is 53.6 cm³/mol. The molecular formula is C10H21NO2. The molecule has 0 saturated heterocycles. The van der Waals surface area contributed by atoms with E-state index in [1.54, 1.807) is 0 Å². The van der Waals surface area contributed by atoms with E-state index in [2.05, 4.69) is 12.2 Å². The molecule has 0 atom stereocenters. The zero-order valence-electron chi connectivity index (χ0n) is 8.77. The van der Waals surface area contributed by atoms with E-state index in [4.69, 9.17) is 4.74 Å². The Balaban J connectivity index is 3.11. The Kier molecular flexibility index (Phi) is 9.10. The van der Waals surface area contributed by atoms with Crippen molar-refractivity contribution >= 4 is 5.97 Å². The second-order valence-corrected chi connectivity index (χ2v) is 3.03. The van der Waals surface area contributed by atoms with Gasteiger partial charge in [-0.3, -0.25) is 4.79 Å². The van der Waals surface area contributed by atoms with Crippen LogP contribution in [0, 0.1) is 0 Å². The molecule has 78 valence electrons. The number of carbonyl (C=O) groups excluding carboxylic acids is 1. The van der Waals surface area contributed by atoms with Gasteiger partial charge >= 0.3 is 5.97 Å². The van der Waals surface area contributed by atoms with Crippen molar-refractivity contribution in [3.63, 3.8) is 0 Å². The van der Waals surface area contributed by atoms with Gasteiger partial charge in [0.25, 0.3) is 0 Å². The highest BCUT2D eigenvalue weighted by molar-refractivity contribution is 5.69. The number of hydrogen-bond donors (Lipinski definition) is 1. The topological polar surface area (TPSA) is 38.3 Å². The summed E-state index contributed by atoms with van der Waals surface area (Å²) in [7, 11) is 0. The third-order valence-corrected chi connectivity index (χ3v) is 1.77. The minimum Gasteiger partial charge on any atom is -0.466 e. The first-order chi connectivity index (χ1) is 6.31. The van der Waals surface area contributed by atoms with Crippen LogP contribution in [0.1, 0.15) is 39.5 Å². The number of hydrogen-bond acceptors (Lipinski definition) is 3. The van der Waals surface area contributed by atoms with E-state index < -0.39 is 0 Å². The summed E-state index contributed by atoms with van der Waals surface area (Å²) in [6, 6.07) is 0. The van der Waals surface area contributed by atoms with E-state index in [1.807, 2.05) is 6.92 Å². The summed E-state index contributed by atoms with van der Waals surface area (Å²) in [4.78, 5) is 11.0. The van der Waals surface area contributed by atoms with Crippen LogP contribution < -0.4 is 5.32 Å². The van der Waals surface area contributed by atoms with Crippen molar-refractivity contribution in [2.24, 2.45) is 0 Å². The van der Waals surface area contributed by atoms with Gasteiger partial charge in [0.05, 0.1) is 13.0 Å². The Morgan fingerprint density at radius 3 is 2.69 bits per heavy atom. The van der Waals surface area contributed by atoms with E-state index >= 15 is 0 Å². The normalized spacial score (nSPS) is 10.0. The summed E-state index contributed by atoms with van der Waals surface area (Å²) in [6.45, 7) is 6.37. The van der Waals surface area contributed by atoms with Crippen molar-refractivity contribution in [1.82, 2.24) is 5.32 Å². The lowest BCUT2D eigenvalue weighted by molar-refractivity contribution is -0.143. The summed E-state index contributed by atoms with van der Waals surface area (Å²) in [5.74, 6) is -0.0861. The van der Waals surface area contributed by atoms with E-state index in [0.29, 0.717) is 13.0 Å². The summed E-state index contributed by atoms with van der Waals surface area (Å²) >= 11 is 0. The average molecular weight is 187 g/mol. The summed E-state index contributed by atoms with van der Waals surface area (Å²) < 4.78 is 5.01. The van der Waals surface area contributed by atoms with Crippen molar-refractivity contribution in [2.75, 3.05) is 19.7 Å². The van der Waals surface area contributed by atoms with Gasteiger partial charge in [-0.1, -0.05) is 26.7 Å². The Hall–Kier alpha value is -0.570. The zero-order valence-corrected chi connectivity index (χ0v) is 8.77. The van der Waals surface area contributed by atoms with E-state index in [9.17, 15) is 4.79 Å². The molecule has 0 spiro atoms. The van der Waals surface area contributed by atoms with Crippen LogP contribution in [-0.2, 0) is 9.53 Å². The van der Waals surface area contributed by atoms with Crippen LogP contribution >= 0.6 is 0 Å². The molecule has 0 aliphatic heterocycles. The highest BCUT2D eigenvalue weighted by atomic mass is 16.5. The van der Waals surface area contributed by atoms with E-state index in [1.165, 1.54) is 0 Å². The number of carbonyl (C=O) groups is 1. The Morgan fingerprint density at radius 2 is 2.08 bits per heavy atom. The quantitative estimate of drug-likeness (QED) is 0.464. The van der Waals surface area contributed by atoms with Gasteiger partial charge < -0.3 is 10.1 Å². The Labute approximate surface area is 80.8 Å². The van der Waals surface area contributed by atoms with Crippen LogP contribution in [-0.4, -0.2) is 25.7 Å². The number of nitrogens with one attached hydrogen (secondary N) is 1. The lowest BCUT2D eigenvalue weighted by Crippen LogP contribution is -2.18. The van der Waals surface area contributed by atoms with Crippen LogP contribution in [0.25, 0.3) is 0 Å². The van der Waals surface area contributed by atoms with Crippen LogP contribution in [0.2, 0.25) is 0 Å². The molecule has 0 aromatic rings. The van der Waals surface area contributed by atoms with Crippen molar-refractivity contribution in [2.45, 2.75) is 39.5 Å². The highest BCUT2D eigenvalue weighted by Gasteiger charge is 2.00. The number of rotatable bonds is 8. The van der Waals surface area contributed by atoms with Gasteiger partial charge in [0.1, 0.15) is 0 Å². The molecular weight excluding hydrogens is 166 g/mol. The highest BCUT2D eigenvalue weighted by Crippen LogP contribution is 1.95. The van der Waals surface area contributed by atoms with Crippen molar-refractivity contribution in [3.05, 3.63) is 0 Å². The first-order valence-corrected chi connectivity index (χ1v) is 5.17. The molecule has 0 rings (SSSR count). The summed E-state index contributed by atoms with van der Waals surface area (Å²) in [5, 5.41) is 3.08. The maximum absolute atomic E-state index is 11.0. The smallest absolute Gasteiger partial charge is 0.307 e. The third kappa shape index (κ3) is 9.34. The zero-order chi connectivity index (χ0) is 9.94. The number of esters is 1. The van der Waals surface area contributed by atoms with Gasteiger partial charge in [0.2, 0.25) is 0 Å². The Bertz CT molecular complexity index is 126. The standard InChI is InChI=1S/C10H21NO2/c1-3-5-6-9-13-10(12)7-8-11-4-2/h11H,3-9H2,1-2H3. The molecule has 0 fully saturated rings. The van der Waals surface area contributed by atoms with Crippen LogP contribution in [0.15, 0.2) is 0 Å². The van der Waals surface area contributed by atoms with Crippen molar-refractivity contribution in [3.8, 4) is 0 Å². The lowest BCUT2D eigenvalue weighted by atomic mass is 10.3. The first kappa shape index (κ1) is 12.4. The second kappa shape index (κ2) is 9.52. The lowest BCUT2D eigenvalue weighted by Gasteiger charge is -2.04. The fourth-order valence-corrected chi connectivity index (χ4v) is 0.977. The molecule has 0 aromatic carbocycles. The van der Waals surface area contributed by atoms with Gasteiger partial charge in [-0.05, 0) is 13.0 Å². The van der Waals surface area contributed by atoms with Gasteiger partial charge in [-0.2, -0.15) is 0 Å².